The van der Waals surface area contributed by atoms with Gasteiger partial charge < -0.3 is 20.1 Å². The lowest BCUT2D eigenvalue weighted by Crippen LogP contribution is -2.42. The van der Waals surface area contributed by atoms with Crippen molar-refractivity contribution in [2.24, 2.45) is 0 Å². The van der Waals surface area contributed by atoms with Crippen LogP contribution < -0.4 is 10.5 Å². The van der Waals surface area contributed by atoms with Gasteiger partial charge in [-0.15, -0.1) is 0 Å². The number of esters is 1. The second-order valence-corrected chi connectivity index (χ2v) is 9.53. The molecule has 0 spiro atoms. The molecule has 15 heteroatoms. The molecule has 5 rings (SSSR count). The molecule has 0 radical (unpaired) electrons. The van der Waals surface area contributed by atoms with E-state index in [9.17, 15) is 27.2 Å². The Morgan fingerprint density at radius 3 is 2.42 bits per heavy atom. The number of nitrogens with two attached hydrogens (primary N) is 1. The maximum absolute atomic E-state index is 15.5. The molecule has 1 aliphatic heterocycles. The van der Waals surface area contributed by atoms with Crippen molar-refractivity contribution in [3.8, 4) is 22.8 Å². The Morgan fingerprint density at radius 2 is 1.77 bits per heavy atom. The minimum Gasteiger partial charge on any atom is -0.465 e. The predicted octanol–water partition coefficient (Wildman–Crippen LogP) is 4.85. The second-order valence-electron chi connectivity index (χ2n) is 9.53. The van der Waals surface area contributed by atoms with Gasteiger partial charge in [-0.05, 0) is 31.9 Å². The minimum absolute atomic E-state index is 0.0176. The molecule has 224 valence electrons. The van der Waals surface area contributed by atoms with Crippen LogP contribution in [0.4, 0.5) is 27.8 Å². The van der Waals surface area contributed by atoms with Crippen LogP contribution in [0.5, 0.6) is 11.5 Å². The first kappa shape index (κ1) is 29.4. The van der Waals surface area contributed by atoms with Crippen LogP contribution in [-0.4, -0.2) is 56.7 Å². The predicted molar refractivity (Wildman–Crippen MR) is 142 cm³/mol. The van der Waals surface area contributed by atoms with Gasteiger partial charge in [-0.25, -0.2) is 32.6 Å². The molecule has 1 saturated heterocycles. The second kappa shape index (κ2) is 11.7. The summed E-state index contributed by atoms with van der Waals surface area (Å²) in [4.78, 5) is 34.9. The number of halogens is 5. The lowest BCUT2D eigenvalue weighted by Gasteiger charge is -2.33. The van der Waals surface area contributed by atoms with Gasteiger partial charge in [0.2, 0.25) is 17.4 Å². The number of methoxy groups -OCH3 is 1. The number of amides is 1. The molecule has 4 aromatic rings. The molecule has 0 saturated carbocycles. The van der Waals surface area contributed by atoms with E-state index < -0.39 is 58.5 Å². The van der Waals surface area contributed by atoms with Crippen LogP contribution in [0, 0.1) is 29.1 Å². The molecular weight excluding hydrogens is 579 g/mol. The van der Waals surface area contributed by atoms with E-state index in [2.05, 4.69) is 15.1 Å². The normalized spacial score (nSPS) is 15.6. The zero-order valence-electron chi connectivity index (χ0n) is 22.7. The number of anilines is 1. The molecule has 1 atom stereocenters. The third-order valence-electron chi connectivity index (χ3n) is 6.96. The molecule has 10 nitrogen and oxygen atoms in total. The number of carbonyl (C=O) groups is 2. The zero-order valence-corrected chi connectivity index (χ0v) is 22.7. The molecule has 2 aromatic carbocycles. The quantitative estimate of drug-likeness (QED) is 0.0830. The van der Waals surface area contributed by atoms with Crippen molar-refractivity contribution in [2.45, 2.75) is 25.8 Å². The van der Waals surface area contributed by atoms with Gasteiger partial charge in [-0.3, -0.25) is 4.79 Å². The van der Waals surface area contributed by atoms with Crippen LogP contribution in [0.2, 0.25) is 0 Å². The molecule has 43 heavy (non-hydrogen) atoms. The largest absolute Gasteiger partial charge is 0.465 e. The summed E-state index contributed by atoms with van der Waals surface area (Å²) in [5, 5.41) is 4.77. The monoisotopic (exact) mass is 602 g/mol. The summed E-state index contributed by atoms with van der Waals surface area (Å²) in [5.41, 5.74) is 6.17. The van der Waals surface area contributed by atoms with E-state index in [1.165, 1.54) is 35.2 Å². The van der Waals surface area contributed by atoms with E-state index in [0.29, 0.717) is 19.4 Å². The Morgan fingerprint density at radius 1 is 1.05 bits per heavy atom. The van der Waals surface area contributed by atoms with Crippen molar-refractivity contribution in [1.82, 2.24) is 24.6 Å². The number of rotatable bonds is 6. The fourth-order valence-corrected chi connectivity index (χ4v) is 4.90. The summed E-state index contributed by atoms with van der Waals surface area (Å²) in [5.74, 6) is -11.0. The van der Waals surface area contributed by atoms with E-state index in [4.69, 9.17) is 15.2 Å². The van der Waals surface area contributed by atoms with Gasteiger partial charge >= 0.3 is 5.97 Å². The van der Waals surface area contributed by atoms with Crippen LogP contribution in [-0.2, 0) is 14.3 Å². The van der Waals surface area contributed by atoms with Gasteiger partial charge in [-0.2, -0.15) is 13.9 Å². The Bertz CT molecular complexity index is 1770. The minimum atomic E-state index is -1.79. The van der Waals surface area contributed by atoms with Crippen molar-refractivity contribution < 1.29 is 41.0 Å². The summed E-state index contributed by atoms with van der Waals surface area (Å²) >= 11 is 0. The third kappa shape index (κ3) is 5.33. The lowest BCUT2D eigenvalue weighted by molar-refractivity contribution is -0.140. The van der Waals surface area contributed by atoms with Gasteiger partial charge in [0.05, 0.1) is 18.5 Å². The van der Waals surface area contributed by atoms with Crippen molar-refractivity contribution in [3.05, 3.63) is 71.3 Å². The molecule has 1 aliphatic rings. The van der Waals surface area contributed by atoms with Crippen molar-refractivity contribution in [1.29, 1.82) is 0 Å². The van der Waals surface area contributed by atoms with Crippen molar-refractivity contribution >= 4 is 28.7 Å². The van der Waals surface area contributed by atoms with Crippen LogP contribution >= 0.6 is 0 Å². The summed E-state index contributed by atoms with van der Waals surface area (Å²) in [6.45, 7) is 2.07. The molecule has 2 N–H and O–H groups in total. The molecule has 1 amide bonds. The van der Waals surface area contributed by atoms with Crippen LogP contribution in [0.15, 0.2) is 42.2 Å². The number of fused-ring (bicyclic) bond motifs is 1. The molecule has 2 aromatic heterocycles. The number of aromatic nitrogens is 4. The van der Waals surface area contributed by atoms with E-state index in [-0.39, 0.29) is 46.3 Å². The first-order chi connectivity index (χ1) is 20.5. The molecular formula is C28H23F5N6O4. The highest BCUT2D eigenvalue weighted by Crippen LogP contribution is 2.37. The van der Waals surface area contributed by atoms with E-state index in [1.807, 2.05) is 0 Å². The number of likely N-dealkylation sites (tertiary alicyclic amines) is 1. The first-order valence-corrected chi connectivity index (χ1v) is 12.9. The molecule has 3 heterocycles. The topological polar surface area (TPSA) is 125 Å². The average Bonchev–Trinajstić information content (AvgIpc) is 3.39. The summed E-state index contributed by atoms with van der Waals surface area (Å²) in [7, 11) is 1.18. The number of hydrogen-bond donors (Lipinski definition) is 1. The van der Waals surface area contributed by atoms with Crippen LogP contribution in [0.3, 0.4) is 0 Å². The zero-order chi connectivity index (χ0) is 31.0. The Hall–Kier alpha value is -5.08. The van der Waals surface area contributed by atoms with Gasteiger partial charge in [0.1, 0.15) is 35.0 Å². The number of piperidine rings is 1. The molecule has 0 aliphatic carbocycles. The summed E-state index contributed by atoms with van der Waals surface area (Å²) in [6.07, 6.45) is 3.69. The lowest BCUT2D eigenvalue weighted by atomic mass is 10.0. The standard InChI is InChI=1S/C28H23F5N6O4/c1-3-15(28(41)42-2)27(40)38-8-4-5-13(11-38)39-26-20(25(34)35-12-36-26)23(37-39)16-7-6-14(9-17(16)29)43-24-21(32)18(30)10-19(31)22(24)33/h3,6-7,9-10,12-13H,4-5,8,11H2,1-2H3,(H2,34,35,36). The highest BCUT2D eigenvalue weighted by atomic mass is 19.2. The fourth-order valence-electron chi connectivity index (χ4n) is 4.90. The number of hydrogen-bond acceptors (Lipinski definition) is 8. The fraction of sp³-hybridized carbons (Fsp3) is 0.250. The number of allylic oxidation sites excluding steroid dienone is 1. The van der Waals surface area contributed by atoms with Crippen molar-refractivity contribution in [3.63, 3.8) is 0 Å². The van der Waals surface area contributed by atoms with Gasteiger partial charge in [0.25, 0.3) is 5.91 Å². The maximum Gasteiger partial charge on any atom is 0.343 e. The van der Waals surface area contributed by atoms with Gasteiger partial charge in [0, 0.05) is 30.8 Å². The number of carbonyl (C=O) groups excluding carboxylic acids is 2. The number of nitrogen functional groups attached to an aromatic ring is 1. The highest BCUT2D eigenvalue weighted by Gasteiger charge is 2.32. The highest BCUT2D eigenvalue weighted by molar-refractivity contribution is 6.16. The van der Waals surface area contributed by atoms with E-state index in [0.717, 1.165) is 12.1 Å². The van der Waals surface area contributed by atoms with Crippen LogP contribution in [0.25, 0.3) is 22.3 Å². The van der Waals surface area contributed by atoms with E-state index >= 15 is 4.39 Å². The Kier molecular flexibility index (Phi) is 7.98. The smallest absolute Gasteiger partial charge is 0.343 e. The van der Waals surface area contributed by atoms with E-state index in [1.54, 1.807) is 6.92 Å². The SMILES string of the molecule is CC=C(C(=O)OC)C(=O)N1CCCC(n2nc(-c3ccc(Oc4c(F)c(F)cc(F)c4F)cc3F)c3c(N)ncnc32)C1. The number of ether oxygens (including phenoxy) is 2. The van der Waals surface area contributed by atoms with Crippen LogP contribution in [0.1, 0.15) is 25.8 Å². The van der Waals surface area contributed by atoms with Gasteiger partial charge in [0.15, 0.2) is 17.3 Å². The number of nitrogens with zero attached hydrogens (tertiary/aromatic N) is 5. The summed E-state index contributed by atoms with van der Waals surface area (Å²) in [6, 6.07) is 2.64. The molecule has 1 fully saturated rings. The Labute approximate surface area is 240 Å². The van der Waals surface area contributed by atoms with Crippen molar-refractivity contribution in [2.75, 3.05) is 25.9 Å². The third-order valence-corrected chi connectivity index (χ3v) is 6.96. The summed E-state index contributed by atoms with van der Waals surface area (Å²) < 4.78 is 82.0. The Balaban J connectivity index is 1.51. The molecule has 1 unspecified atom stereocenters. The number of benzene rings is 2. The first-order valence-electron chi connectivity index (χ1n) is 12.9. The maximum atomic E-state index is 15.5. The van der Waals surface area contributed by atoms with Gasteiger partial charge in [-0.1, -0.05) is 6.08 Å². The molecule has 0 bridgehead atoms. The average molecular weight is 603 g/mol.